The summed E-state index contributed by atoms with van der Waals surface area (Å²) in [5, 5.41) is 11.1. The Morgan fingerprint density at radius 2 is 1.66 bits per heavy atom. The van der Waals surface area contributed by atoms with Crippen LogP contribution in [0.3, 0.4) is 0 Å². The molecule has 32 heavy (non-hydrogen) atoms. The molecule has 5 nitrogen and oxygen atoms in total. The van der Waals surface area contributed by atoms with Crippen molar-refractivity contribution in [3.63, 3.8) is 0 Å². The van der Waals surface area contributed by atoms with E-state index >= 15 is 0 Å². The predicted octanol–water partition coefficient (Wildman–Crippen LogP) is 4.41. The zero-order chi connectivity index (χ0) is 22.2. The van der Waals surface area contributed by atoms with Crippen molar-refractivity contribution in [1.29, 1.82) is 5.26 Å². The Labute approximate surface area is 194 Å². The van der Waals surface area contributed by atoms with E-state index in [1.165, 1.54) is 16.0 Å². The fourth-order valence-corrected chi connectivity index (χ4v) is 4.87. The average molecular weight is 447 g/mol. The van der Waals surface area contributed by atoms with Gasteiger partial charge in [-0.25, -0.2) is 0 Å². The van der Waals surface area contributed by atoms with E-state index in [2.05, 4.69) is 63.7 Å². The van der Waals surface area contributed by atoms with E-state index in [9.17, 15) is 0 Å². The molecule has 1 atom stereocenters. The highest BCUT2D eigenvalue weighted by atomic mass is 32.1. The lowest BCUT2D eigenvalue weighted by Crippen LogP contribution is -2.45. The Morgan fingerprint density at radius 1 is 0.938 bits per heavy atom. The van der Waals surface area contributed by atoms with Crippen LogP contribution < -0.4 is 10.5 Å². The van der Waals surface area contributed by atoms with Gasteiger partial charge < -0.3 is 10.5 Å². The summed E-state index contributed by atoms with van der Waals surface area (Å²) in [6, 6.07) is 22.7. The molecule has 0 bridgehead atoms. The lowest BCUT2D eigenvalue weighted by Gasteiger charge is -2.35. The molecule has 3 aromatic rings. The molecule has 2 heterocycles. The van der Waals surface area contributed by atoms with Crippen LogP contribution >= 0.6 is 11.3 Å². The molecule has 2 N–H and O–H groups in total. The third kappa shape index (κ3) is 5.96. The Morgan fingerprint density at radius 3 is 2.31 bits per heavy atom. The van der Waals surface area contributed by atoms with Gasteiger partial charge >= 0.3 is 0 Å². The topological polar surface area (TPSA) is 65.5 Å². The monoisotopic (exact) mass is 446 g/mol. The first kappa shape index (κ1) is 22.5. The highest BCUT2D eigenvalue weighted by Gasteiger charge is 2.20. The molecule has 1 aromatic heterocycles. The van der Waals surface area contributed by atoms with Crippen molar-refractivity contribution >= 4 is 11.3 Å². The molecule has 1 fully saturated rings. The summed E-state index contributed by atoms with van der Waals surface area (Å²) in [5.74, 6) is 0.958. The molecule has 4 rings (SSSR count). The van der Waals surface area contributed by atoms with Crippen LogP contribution in [0.25, 0.3) is 0 Å². The molecule has 0 spiro atoms. The predicted molar refractivity (Wildman–Crippen MR) is 130 cm³/mol. The summed E-state index contributed by atoms with van der Waals surface area (Å²) in [6.07, 6.45) is 0.813. The minimum Gasteiger partial charge on any atom is -0.485 e. The Bertz CT molecular complexity index is 1010. The van der Waals surface area contributed by atoms with Crippen LogP contribution in [0, 0.1) is 11.3 Å². The molecule has 0 amide bonds. The number of hydrogen-bond acceptors (Lipinski definition) is 6. The van der Waals surface area contributed by atoms with Crippen molar-refractivity contribution in [2.75, 3.05) is 32.7 Å². The lowest BCUT2D eigenvalue weighted by molar-refractivity contribution is 0.119. The molecule has 166 valence electrons. The number of thiophene rings is 1. The van der Waals surface area contributed by atoms with E-state index in [4.69, 9.17) is 15.7 Å². The molecule has 0 saturated carbocycles. The lowest BCUT2D eigenvalue weighted by atomic mass is 10.1. The van der Waals surface area contributed by atoms with Crippen LogP contribution in [0.4, 0.5) is 0 Å². The molecule has 6 heteroatoms. The van der Waals surface area contributed by atoms with Gasteiger partial charge in [-0.2, -0.15) is 5.26 Å². The minimum absolute atomic E-state index is 0.00502. The van der Waals surface area contributed by atoms with Crippen molar-refractivity contribution in [2.24, 2.45) is 5.73 Å². The number of rotatable bonds is 9. The average Bonchev–Trinajstić information content (AvgIpc) is 3.37. The quantitative estimate of drug-likeness (QED) is 0.528. The molecular formula is C26H30N4OS. The molecule has 2 aromatic carbocycles. The SMILES string of the molecule is N#Cc1ccc(CN2CCN(Cc3ccccc3OC(CCN)c3cccs3)CC2)cc1. The highest BCUT2D eigenvalue weighted by Crippen LogP contribution is 2.30. The first-order valence-corrected chi connectivity index (χ1v) is 12.0. The number of benzene rings is 2. The van der Waals surface area contributed by atoms with E-state index in [1.807, 2.05) is 18.2 Å². The minimum atomic E-state index is 0.00502. The normalized spacial score (nSPS) is 15.9. The van der Waals surface area contributed by atoms with Gasteiger partial charge in [0.05, 0.1) is 11.6 Å². The Kier molecular flexibility index (Phi) is 7.92. The van der Waals surface area contributed by atoms with Crippen molar-refractivity contribution in [1.82, 2.24) is 9.80 Å². The van der Waals surface area contributed by atoms with Gasteiger partial charge in [0, 0.05) is 56.1 Å². The Hall–Kier alpha value is -2.69. The standard InChI is InChI=1S/C26H30N4OS/c27-12-11-25(26-6-3-17-32-26)31-24-5-2-1-4-23(24)20-30-15-13-29(14-16-30)19-22-9-7-21(18-28)8-10-22/h1-10,17,25H,11-16,19-20,27H2. The maximum Gasteiger partial charge on any atom is 0.134 e. The second-order valence-electron chi connectivity index (χ2n) is 8.17. The summed E-state index contributed by atoms with van der Waals surface area (Å²) >= 11 is 1.72. The van der Waals surface area contributed by atoms with Gasteiger partial charge in [-0.15, -0.1) is 11.3 Å². The smallest absolute Gasteiger partial charge is 0.134 e. The largest absolute Gasteiger partial charge is 0.485 e. The summed E-state index contributed by atoms with van der Waals surface area (Å²) in [4.78, 5) is 6.20. The van der Waals surface area contributed by atoms with Crippen LogP contribution in [0.15, 0.2) is 66.0 Å². The van der Waals surface area contributed by atoms with Gasteiger partial charge in [-0.05, 0) is 41.8 Å². The van der Waals surface area contributed by atoms with Crippen LogP contribution in [-0.4, -0.2) is 42.5 Å². The zero-order valence-corrected chi connectivity index (χ0v) is 19.1. The van der Waals surface area contributed by atoms with Crippen molar-refractivity contribution in [2.45, 2.75) is 25.6 Å². The zero-order valence-electron chi connectivity index (χ0n) is 18.3. The molecule has 1 saturated heterocycles. The number of hydrogen-bond donors (Lipinski definition) is 1. The number of nitrogens with zero attached hydrogens (tertiary/aromatic N) is 3. The fourth-order valence-electron chi connectivity index (χ4n) is 4.08. The van der Waals surface area contributed by atoms with E-state index in [0.717, 1.165) is 51.4 Å². The maximum absolute atomic E-state index is 8.96. The molecule has 0 radical (unpaired) electrons. The number of para-hydroxylation sites is 1. The van der Waals surface area contributed by atoms with Crippen LogP contribution in [0.5, 0.6) is 5.75 Å². The summed E-state index contributed by atoms with van der Waals surface area (Å²) < 4.78 is 6.46. The second-order valence-corrected chi connectivity index (χ2v) is 9.15. The number of nitrogens with two attached hydrogens (primary N) is 1. The van der Waals surface area contributed by atoms with E-state index < -0.39 is 0 Å². The van der Waals surface area contributed by atoms with Gasteiger partial charge in [-0.1, -0.05) is 36.4 Å². The summed E-state index contributed by atoms with van der Waals surface area (Å²) in [6.45, 7) is 6.55. The first-order chi connectivity index (χ1) is 15.7. The number of piperazine rings is 1. The number of nitriles is 1. The fraction of sp³-hybridized carbons (Fsp3) is 0.346. The summed E-state index contributed by atoms with van der Waals surface area (Å²) in [7, 11) is 0. The second kappa shape index (κ2) is 11.3. The van der Waals surface area contributed by atoms with Gasteiger partial charge in [-0.3, -0.25) is 9.80 Å². The molecule has 0 aliphatic carbocycles. The van der Waals surface area contributed by atoms with Crippen molar-refractivity contribution < 1.29 is 4.74 Å². The molecule has 1 unspecified atom stereocenters. The van der Waals surface area contributed by atoms with E-state index in [0.29, 0.717) is 12.1 Å². The first-order valence-electron chi connectivity index (χ1n) is 11.2. The van der Waals surface area contributed by atoms with E-state index in [-0.39, 0.29) is 6.10 Å². The molecule has 1 aliphatic heterocycles. The number of ether oxygens (including phenoxy) is 1. The third-order valence-corrected chi connectivity index (χ3v) is 6.84. The molecule has 1 aliphatic rings. The van der Waals surface area contributed by atoms with Crippen molar-refractivity contribution in [3.8, 4) is 11.8 Å². The summed E-state index contributed by atoms with van der Waals surface area (Å²) in [5.41, 5.74) is 9.06. The maximum atomic E-state index is 8.96. The van der Waals surface area contributed by atoms with Gasteiger partial charge in [0.1, 0.15) is 11.9 Å². The highest BCUT2D eigenvalue weighted by molar-refractivity contribution is 7.10. The third-order valence-electron chi connectivity index (χ3n) is 5.88. The van der Waals surface area contributed by atoms with E-state index in [1.54, 1.807) is 11.3 Å². The van der Waals surface area contributed by atoms with Crippen LogP contribution in [0.1, 0.15) is 34.1 Å². The van der Waals surface area contributed by atoms with Crippen LogP contribution in [0.2, 0.25) is 0 Å². The van der Waals surface area contributed by atoms with Crippen LogP contribution in [-0.2, 0) is 13.1 Å². The Balaban J connectivity index is 1.33. The van der Waals surface area contributed by atoms with Gasteiger partial charge in [0.2, 0.25) is 0 Å². The van der Waals surface area contributed by atoms with Gasteiger partial charge in [0.15, 0.2) is 0 Å². The van der Waals surface area contributed by atoms with Crippen molar-refractivity contribution in [3.05, 3.63) is 87.6 Å². The van der Waals surface area contributed by atoms with Gasteiger partial charge in [0.25, 0.3) is 0 Å². The molecular weight excluding hydrogens is 416 g/mol.